The van der Waals surface area contributed by atoms with Gasteiger partial charge >= 0.3 is 5.97 Å². The number of fused-ring (bicyclic) bond motifs is 1. The maximum Gasteiger partial charge on any atom is 0.343 e. The van der Waals surface area contributed by atoms with Gasteiger partial charge in [-0.05, 0) is 30.9 Å². The van der Waals surface area contributed by atoms with Gasteiger partial charge in [-0.15, -0.1) is 0 Å². The van der Waals surface area contributed by atoms with Crippen LogP contribution in [-0.4, -0.2) is 18.9 Å². The Morgan fingerprint density at radius 3 is 2.61 bits per heavy atom. The van der Waals surface area contributed by atoms with E-state index in [1.54, 1.807) is 0 Å². The number of esters is 1. The van der Waals surface area contributed by atoms with E-state index >= 15 is 0 Å². The number of ketones is 1. The Labute approximate surface area is 103 Å². The fourth-order valence-electron chi connectivity index (χ4n) is 2.16. The summed E-state index contributed by atoms with van der Waals surface area (Å²) in [5, 5.41) is 0. The molecule has 0 saturated heterocycles. The summed E-state index contributed by atoms with van der Waals surface area (Å²) >= 11 is 0. The van der Waals surface area contributed by atoms with E-state index in [2.05, 4.69) is 4.74 Å². The number of halogens is 2. The van der Waals surface area contributed by atoms with Crippen molar-refractivity contribution in [1.29, 1.82) is 0 Å². The summed E-state index contributed by atoms with van der Waals surface area (Å²) in [5.74, 6) is -3.36. The quantitative estimate of drug-likeness (QED) is 0.571. The van der Waals surface area contributed by atoms with E-state index in [9.17, 15) is 18.4 Å². The largest absolute Gasteiger partial charge is 0.465 e. The molecule has 0 amide bonds. The number of Topliss-reactive ketones (excluding diaryl/α,β-unsaturated/α-hetero) is 1. The zero-order valence-electron chi connectivity index (χ0n) is 9.89. The zero-order valence-corrected chi connectivity index (χ0v) is 9.89. The third kappa shape index (κ3) is 2.00. The molecule has 96 valence electrons. The van der Waals surface area contributed by atoms with Crippen molar-refractivity contribution >= 4 is 11.8 Å². The number of ether oxygens (including phenoxy) is 1. The Balaban J connectivity index is 2.65. The van der Waals surface area contributed by atoms with Crippen molar-refractivity contribution in [3.8, 4) is 0 Å². The predicted molar refractivity (Wildman–Crippen MR) is 59.6 cm³/mol. The Hall–Kier alpha value is -1.78. The molecule has 0 radical (unpaired) electrons. The van der Waals surface area contributed by atoms with Crippen LogP contribution >= 0.6 is 0 Å². The molecule has 5 heteroatoms. The van der Waals surface area contributed by atoms with E-state index in [1.807, 2.05) is 0 Å². The molecule has 0 fully saturated rings. The van der Waals surface area contributed by atoms with Gasteiger partial charge in [0.1, 0.15) is 17.2 Å². The second kappa shape index (κ2) is 4.84. The molecule has 1 aliphatic carbocycles. The molecule has 0 bridgehead atoms. The second-order valence-corrected chi connectivity index (χ2v) is 4.20. The number of hydrogen-bond acceptors (Lipinski definition) is 3. The van der Waals surface area contributed by atoms with Crippen molar-refractivity contribution in [1.82, 2.24) is 0 Å². The van der Waals surface area contributed by atoms with Gasteiger partial charge in [0.15, 0.2) is 5.78 Å². The molecular formula is C13H12F2O3. The van der Waals surface area contributed by atoms with E-state index < -0.39 is 23.2 Å². The van der Waals surface area contributed by atoms with Crippen molar-refractivity contribution in [2.45, 2.75) is 25.7 Å². The summed E-state index contributed by atoms with van der Waals surface area (Å²) < 4.78 is 32.1. The first kappa shape index (κ1) is 12.7. The van der Waals surface area contributed by atoms with Crippen molar-refractivity contribution in [3.63, 3.8) is 0 Å². The topological polar surface area (TPSA) is 43.4 Å². The lowest BCUT2D eigenvalue weighted by molar-refractivity contribution is 0.0589. The van der Waals surface area contributed by atoms with Crippen LogP contribution in [0.15, 0.2) is 6.07 Å². The first-order chi connectivity index (χ1) is 8.56. The van der Waals surface area contributed by atoms with Crippen LogP contribution in [0.5, 0.6) is 0 Å². The maximum absolute atomic E-state index is 14.1. The fraction of sp³-hybridized carbons (Fsp3) is 0.385. The summed E-state index contributed by atoms with van der Waals surface area (Å²) in [7, 11) is 1.05. The van der Waals surface area contributed by atoms with Gasteiger partial charge in [-0.2, -0.15) is 0 Å². The number of carbonyl (C=O) groups excluding carboxylic acids is 2. The second-order valence-electron chi connectivity index (χ2n) is 4.20. The summed E-state index contributed by atoms with van der Waals surface area (Å²) in [6.07, 6.45) is 1.89. The normalized spacial score (nSPS) is 14.9. The molecule has 18 heavy (non-hydrogen) atoms. The number of rotatable bonds is 1. The lowest BCUT2D eigenvalue weighted by Crippen LogP contribution is -2.13. The van der Waals surface area contributed by atoms with Crippen molar-refractivity contribution < 1.29 is 23.1 Å². The third-order valence-electron chi connectivity index (χ3n) is 3.09. The molecule has 0 unspecified atom stereocenters. The van der Waals surface area contributed by atoms with Gasteiger partial charge in [0, 0.05) is 12.0 Å². The molecular weight excluding hydrogens is 242 g/mol. The van der Waals surface area contributed by atoms with E-state index in [0.717, 1.165) is 13.2 Å². The highest BCUT2D eigenvalue weighted by molar-refractivity contribution is 5.99. The fourth-order valence-corrected chi connectivity index (χ4v) is 2.16. The third-order valence-corrected chi connectivity index (χ3v) is 3.09. The Bertz CT molecular complexity index is 523. The van der Waals surface area contributed by atoms with Gasteiger partial charge in [-0.3, -0.25) is 4.79 Å². The van der Waals surface area contributed by atoms with Crippen LogP contribution < -0.4 is 0 Å². The average Bonchev–Trinajstić information content (AvgIpc) is 2.52. The molecule has 2 rings (SSSR count). The number of benzene rings is 1. The van der Waals surface area contributed by atoms with Crippen LogP contribution in [0.1, 0.15) is 45.5 Å². The van der Waals surface area contributed by atoms with Gasteiger partial charge in [-0.25, -0.2) is 13.6 Å². The average molecular weight is 254 g/mol. The molecule has 0 aromatic heterocycles. The summed E-state index contributed by atoms with van der Waals surface area (Å²) in [4.78, 5) is 23.0. The minimum atomic E-state index is -1.07. The Morgan fingerprint density at radius 2 is 1.94 bits per heavy atom. The van der Waals surface area contributed by atoms with Crippen LogP contribution in [-0.2, 0) is 11.2 Å². The smallest absolute Gasteiger partial charge is 0.343 e. The predicted octanol–water partition coefficient (Wildman–Crippen LogP) is 2.66. The van der Waals surface area contributed by atoms with Crippen LogP contribution in [0.4, 0.5) is 8.78 Å². The molecule has 0 spiro atoms. The van der Waals surface area contributed by atoms with Crippen molar-refractivity contribution in [3.05, 3.63) is 34.4 Å². The SMILES string of the molecule is COC(=O)c1c(F)cc2c(c1F)CCCCC2=O. The van der Waals surface area contributed by atoms with Crippen LogP contribution in [0.25, 0.3) is 0 Å². The molecule has 1 aliphatic rings. The van der Waals surface area contributed by atoms with E-state index in [-0.39, 0.29) is 23.3 Å². The van der Waals surface area contributed by atoms with Gasteiger partial charge in [-0.1, -0.05) is 0 Å². The molecule has 0 aliphatic heterocycles. The molecule has 0 atom stereocenters. The zero-order chi connectivity index (χ0) is 13.3. The monoisotopic (exact) mass is 254 g/mol. The van der Waals surface area contributed by atoms with Crippen molar-refractivity contribution in [2.24, 2.45) is 0 Å². The van der Waals surface area contributed by atoms with Crippen LogP contribution in [0, 0.1) is 11.6 Å². The summed E-state index contributed by atoms with van der Waals surface area (Å²) in [6, 6.07) is 0.943. The Morgan fingerprint density at radius 1 is 1.28 bits per heavy atom. The summed E-state index contributed by atoms with van der Waals surface area (Å²) in [5.41, 5.74) is -0.541. The Kier molecular flexibility index (Phi) is 3.41. The molecule has 0 N–H and O–H groups in total. The van der Waals surface area contributed by atoms with Gasteiger partial charge in [0.05, 0.1) is 7.11 Å². The highest BCUT2D eigenvalue weighted by Gasteiger charge is 2.27. The van der Waals surface area contributed by atoms with Crippen molar-refractivity contribution in [2.75, 3.05) is 7.11 Å². The highest BCUT2D eigenvalue weighted by atomic mass is 19.1. The van der Waals surface area contributed by atoms with E-state index in [0.29, 0.717) is 19.3 Å². The molecule has 3 nitrogen and oxygen atoms in total. The first-order valence-electron chi connectivity index (χ1n) is 5.68. The minimum Gasteiger partial charge on any atom is -0.465 e. The highest BCUT2D eigenvalue weighted by Crippen LogP contribution is 2.27. The van der Waals surface area contributed by atoms with Gasteiger partial charge < -0.3 is 4.74 Å². The standard InChI is InChI=1S/C13H12F2O3/c1-18-13(17)11-9(14)6-8-7(12(11)15)4-2-3-5-10(8)16/h6H,2-5H2,1H3. The van der Waals surface area contributed by atoms with E-state index in [1.165, 1.54) is 0 Å². The molecule has 0 heterocycles. The molecule has 1 aromatic carbocycles. The van der Waals surface area contributed by atoms with E-state index in [4.69, 9.17) is 0 Å². The number of methoxy groups -OCH3 is 1. The lowest BCUT2D eigenvalue weighted by atomic mass is 9.98. The minimum absolute atomic E-state index is 0.0511. The number of carbonyl (C=O) groups is 2. The number of hydrogen-bond donors (Lipinski definition) is 0. The maximum atomic E-state index is 14.1. The van der Waals surface area contributed by atoms with Crippen LogP contribution in [0.2, 0.25) is 0 Å². The summed E-state index contributed by atoms with van der Waals surface area (Å²) in [6.45, 7) is 0. The lowest BCUT2D eigenvalue weighted by Gasteiger charge is -2.10. The molecule has 1 aromatic rings. The van der Waals surface area contributed by atoms with Gasteiger partial charge in [0.25, 0.3) is 0 Å². The first-order valence-corrected chi connectivity index (χ1v) is 5.68. The van der Waals surface area contributed by atoms with Crippen LogP contribution in [0.3, 0.4) is 0 Å². The van der Waals surface area contributed by atoms with Gasteiger partial charge in [0.2, 0.25) is 0 Å². The molecule has 0 saturated carbocycles.